The van der Waals surface area contributed by atoms with E-state index in [0.29, 0.717) is 30.4 Å². The highest BCUT2D eigenvalue weighted by molar-refractivity contribution is 5.91. The maximum Gasteiger partial charge on any atom is 0.334 e. The minimum Gasteiger partial charge on any atom is -0.458 e. The van der Waals surface area contributed by atoms with Gasteiger partial charge in [0.15, 0.2) is 0 Å². The first-order valence-corrected chi connectivity index (χ1v) is 6.51. The summed E-state index contributed by atoms with van der Waals surface area (Å²) >= 11 is 0. The number of fused-ring (bicyclic) bond motifs is 1. The van der Waals surface area contributed by atoms with Crippen LogP contribution in [0.1, 0.15) is 26.2 Å². The highest BCUT2D eigenvalue weighted by Gasteiger charge is 2.42. The lowest BCUT2D eigenvalue weighted by molar-refractivity contribution is -0.139. The molecular weight excluding hydrogens is 244 g/mol. The number of rotatable bonds is 0. The van der Waals surface area contributed by atoms with Crippen LogP contribution in [0.3, 0.4) is 0 Å². The molecule has 0 radical (unpaired) electrons. The maximum atomic E-state index is 11.6. The Hall–Kier alpha value is -1.39. The van der Waals surface area contributed by atoms with E-state index in [1.165, 1.54) is 0 Å². The zero-order valence-corrected chi connectivity index (χ0v) is 11.1. The van der Waals surface area contributed by atoms with E-state index >= 15 is 0 Å². The molecule has 4 atom stereocenters. The molecule has 0 aromatic carbocycles. The third-order valence-electron chi connectivity index (χ3n) is 3.89. The van der Waals surface area contributed by atoms with Crippen molar-refractivity contribution in [3.63, 3.8) is 0 Å². The highest BCUT2D eigenvalue weighted by atomic mass is 16.6. The van der Waals surface area contributed by atoms with Gasteiger partial charge in [-0.15, -0.1) is 0 Å². The predicted molar refractivity (Wildman–Crippen MR) is 71.3 cm³/mol. The lowest BCUT2D eigenvalue weighted by atomic mass is 9.84. The molecule has 1 saturated heterocycles. The number of aliphatic hydroxyl groups is 2. The summed E-state index contributed by atoms with van der Waals surface area (Å²) in [4.78, 5) is 11.6. The quantitative estimate of drug-likeness (QED) is 0.395. The van der Waals surface area contributed by atoms with Gasteiger partial charge in [0, 0.05) is 12.0 Å². The van der Waals surface area contributed by atoms with E-state index in [2.05, 4.69) is 13.2 Å². The van der Waals surface area contributed by atoms with E-state index < -0.39 is 30.2 Å². The number of carbonyl (C=O) groups excluding carboxylic acids is 1. The summed E-state index contributed by atoms with van der Waals surface area (Å²) < 4.78 is 5.23. The van der Waals surface area contributed by atoms with Gasteiger partial charge in [0.25, 0.3) is 0 Å². The van der Waals surface area contributed by atoms with Gasteiger partial charge < -0.3 is 14.9 Å². The van der Waals surface area contributed by atoms with Crippen LogP contribution in [0.2, 0.25) is 0 Å². The van der Waals surface area contributed by atoms with Crippen molar-refractivity contribution in [3.05, 3.63) is 36.0 Å². The molecule has 0 aromatic heterocycles. The van der Waals surface area contributed by atoms with Gasteiger partial charge in [-0.05, 0) is 25.3 Å². The van der Waals surface area contributed by atoms with E-state index in [1.54, 1.807) is 6.08 Å². The molecule has 0 bridgehead atoms. The molecule has 2 rings (SSSR count). The summed E-state index contributed by atoms with van der Waals surface area (Å²) in [7, 11) is 0. The first kappa shape index (κ1) is 14.0. The van der Waals surface area contributed by atoms with Crippen molar-refractivity contribution in [2.75, 3.05) is 0 Å². The Morgan fingerprint density at radius 2 is 2.05 bits per heavy atom. The van der Waals surface area contributed by atoms with Crippen LogP contribution in [0.15, 0.2) is 36.0 Å². The van der Waals surface area contributed by atoms with Gasteiger partial charge in [0.05, 0.1) is 18.1 Å². The largest absolute Gasteiger partial charge is 0.458 e. The SMILES string of the molecule is C=C1C(=O)O[C@H]2CC(=C)[C@H](O)CC/C(C)=C/[C@@H](O)[C@H]12. The van der Waals surface area contributed by atoms with Gasteiger partial charge >= 0.3 is 5.97 Å². The van der Waals surface area contributed by atoms with E-state index in [-0.39, 0.29) is 0 Å². The Bertz CT molecular complexity index is 449. The second-order valence-corrected chi connectivity index (χ2v) is 5.42. The lowest BCUT2D eigenvalue weighted by Gasteiger charge is -2.25. The first-order valence-electron chi connectivity index (χ1n) is 6.51. The van der Waals surface area contributed by atoms with E-state index in [0.717, 1.165) is 5.57 Å². The van der Waals surface area contributed by atoms with E-state index in [9.17, 15) is 15.0 Å². The fourth-order valence-electron chi connectivity index (χ4n) is 2.68. The van der Waals surface area contributed by atoms with E-state index in [1.807, 2.05) is 6.92 Å². The van der Waals surface area contributed by atoms with Crippen LogP contribution in [0.5, 0.6) is 0 Å². The number of carbonyl (C=O) groups is 1. The monoisotopic (exact) mass is 264 g/mol. The molecular formula is C15H20O4. The number of aliphatic hydroxyl groups excluding tert-OH is 2. The third kappa shape index (κ3) is 2.80. The highest BCUT2D eigenvalue weighted by Crippen LogP contribution is 2.35. The number of ether oxygens (including phenoxy) is 1. The molecule has 1 heterocycles. The minimum absolute atomic E-state index is 0.296. The topological polar surface area (TPSA) is 66.8 Å². The maximum absolute atomic E-state index is 11.6. The summed E-state index contributed by atoms with van der Waals surface area (Å²) in [6.07, 6.45) is 1.47. The van der Waals surface area contributed by atoms with Crippen LogP contribution in [0, 0.1) is 5.92 Å². The summed E-state index contributed by atoms with van der Waals surface area (Å²) in [6.45, 7) is 9.47. The van der Waals surface area contributed by atoms with Gasteiger partial charge in [-0.1, -0.05) is 24.8 Å². The second kappa shape index (κ2) is 5.31. The van der Waals surface area contributed by atoms with Crippen LogP contribution >= 0.6 is 0 Å². The Morgan fingerprint density at radius 3 is 2.74 bits per heavy atom. The van der Waals surface area contributed by atoms with Crippen molar-refractivity contribution in [2.24, 2.45) is 5.92 Å². The Labute approximate surface area is 113 Å². The van der Waals surface area contributed by atoms with Crippen LogP contribution in [0.4, 0.5) is 0 Å². The fraction of sp³-hybridized carbons (Fsp3) is 0.533. The standard InChI is InChI=1S/C15H20O4/c1-8-4-5-11(16)9(2)7-13-14(12(17)6-8)10(3)15(18)19-13/h6,11-14,16-17H,2-5,7H2,1H3/b8-6+/t11-,12-,13+,14+/m1/s1. The average molecular weight is 264 g/mol. The van der Waals surface area contributed by atoms with Crippen molar-refractivity contribution in [1.29, 1.82) is 0 Å². The molecule has 0 aromatic rings. The van der Waals surface area contributed by atoms with Crippen LogP contribution in [-0.4, -0.2) is 34.5 Å². The van der Waals surface area contributed by atoms with Crippen molar-refractivity contribution in [1.82, 2.24) is 0 Å². The number of hydrogen-bond donors (Lipinski definition) is 2. The van der Waals surface area contributed by atoms with Gasteiger partial charge in [0.2, 0.25) is 0 Å². The molecule has 1 fully saturated rings. The molecule has 2 N–H and O–H groups in total. The second-order valence-electron chi connectivity index (χ2n) is 5.42. The van der Waals surface area contributed by atoms with Gasteiger partial charge in [-0.2, -0.15) is 0 Å². The Kier molecular flexibility index (Phi) is 3.92. The van der Waals surface area contributed by atoms with Crippen molar-refractivity contribution < 1.29 is 19.7 Å². The summed E-state index contributed by atoms with van der Waals surface area (Å²) in [5.41, 5.74) is 1.91. The molecule has 4 heteroatoms. The lowest BCUT2D eigenvalue weighted by Crippen LogP contribution is -2.30. The molecule has 2 aliphatic rings. The van der Waals surface area contributed by atoms with Crippen molar-refractivity contribution in [3.8, 4) is 0 Å². The Morgan fingerprint density at radius 1 is 1.37 bits per heavy atom. The normalized spacial score (nSPS) is 39.3. The van der Waals surface area contributed by atoms with Crippen LogP contribution in [0.25, 0.3) is 0 Å². The zero-order valence-electron chi connectivity index (χ0n) is 11.1. The van der Waals surface area contributed by atoms with Gasteiger partial charge in [0.1, 0.15) is 6.10 Å². The zero-order chi connectivity index (χ0) is 14.2. The molecule has 19 heavy (non-hydrogen) atoms. The Balaban J connectivity index is 2.33. The smallest absolute Gasteiger partial charge is 0.334 e. The molecule has 0 saturated carbocycles. The molecule has 0 unspecified atom stereocenters. The average Bonchev–Trinajstić information content (AvgIpc) is 2.60. The molecule has 1 aliphatic heterocycles. The van der Waals surface area contributed by atoms with Crippen molar-refractivity contribution >= 4 is 5.97 Å². The number of esters is 1. The minimum atomic E-state index is -0.785. The summed E-state index contributed by atoms with van der Waals surface area (Å²) in [5.74, 6) is -0.925. The first-order chi connectivity index (χ1) is 8.90. The molecule has 0 spiro atoms. The molecule has 0 amide bonds. The fourth-order valence-corrected chi connectivity index (χ4v) is 2.68. The van der Waals surface area contributed by atoms with Crippen LogP contribution < -0.4 is 0 Å². The van der Waals surface area contributed by atoms with Gasteiger partial charge in [-0.25, -0.2) is 4.79 Å². The predicted octanol–water partition coefficient (Wildman–Crippen LogP) is 1.49. The summed E-state index contributed by atoms with van der Waals surface area (Å²) in [5, 5.41) is 20.2. The number of allylic oxidation sites excluding steroid dienone is 1. The molecule has 4 nitrogen and oxygen atoms in total. The van der Waals surface area contributed by atoms with Crippen molar-refractivity contribution in [2.45, 2.75) is 44.5 Å². The molecule has 1 aliphatic carbocycles. The van der Waals surface area contributed by atoms with E-state index in [4.69, 9.17) is 4.74 Å². The summed E-state index contributed by atoms with van der Waals surface area (Å²) in [6, 6.07) is 0. The van der Waals surface area contributed by atoms with Gasteiger partial charge in [-0.3, -0.25) is 0 Å². The van der Waals surface area contributed by atoms with Crippen LogP contribution in [-0.2, 0) is 9.53 Å². The molecule has 104 valence electrons. The number of hydrogen-bond acceptors (Lipinski definition) is 4. The third-order valence-corrected chi connectivity index (χ3v) is 3.89.